The van der Waals surface area contributed by atoms with Crippen LogP contribution < -0.4 is 5.73 Å². The quantitative estimate of drug-likeness (QED) is 0.501. The molecule has 0 aliphatic rings. The van der Waals surface area contributed by atoms with E-state index in [2.05, 4.69) is 27.6 Å². The minimum absolute atomic E-state index is 0.118. The second kappa shape index (κ2) is 5.31. The molecule has 0 bridgehead atoms. The molecule has 0 aromatic heterocycles. The molecule has 0 heterocycles. The van der Waals surface area contributed by atoms with Crippen molar-refractivity contribution < 1.29 is 0 Å². The van der Waals surface area contributed by atoms with E-state index >= 15 is 0 Å². The molecule has 0 aliphatic heterocycles. The summed E-state index contributed by atoms with van der Waals surface area (Å²) in [7, 11) is 0. The highest BCUT2D eigenvalue weighted by Crippen LogP contribution is 2.17. The number of amidine groups is 1. The van der Waals surface area contributed by atoms with Crippen molar-refractivity contribution in [3.63, 3.8) is 0 Å². The molecular formula is C9H9ClIN3. The van der Waals surface area contributed by atoms with Crippen molar-refractivity contribution in [3.05, 3.63) is 29.3 Å². The Bertz CT molecular complexity index is 359. The van der Waals surface area contributed by atoms with Crippen LogP contribution in [0.1, 0.15) is 6.42 Å². The van der Waals surface area contributed by atoms with E-state index in [1.165, 1.54) is 0 Å². The van der Waals surface area contributed by atoms with Gasteiger partial charge < -0.3 is 5.73 Å². The lowest BCUT2D eigenvalue weighted by molar-refractivity contribution is 1.36. The summed E-state index contributed by atoms with van der Waals surface area (Å²) in [5.74, 6) is 0.118. The molecule has 3 nitrogen and oxygen atoms in total. The van der Waals surface area contributed by atoms with Crippen LogP contribution in [0, 0.1) is 5.41 Å². The molecule has 0 unspecified atom stereocenters. The Hall–Kier alpha value is -0.620. The van der Waals surface area contributed by atoms with E-state index in [0.717, 1.165) is 9.41 Å². The van der Waals surface area contributed by atoms with Gasteiger partial charge in [-0.25, -0.2) is 4.99 Å². The maximum Gasteiger partial charge on any atom is 0.0970 e. The molecule has 3 N–H and O–H groups in total. The number of hydrogen-bond donors (Lipinski definition) is 2. The zero-order valence-corrected chi connectivity index (χ0v) is 10.2. The fraction of sp³-hybridized carbons (Fsp3) is 0.111. The van der Waals surface area contributed by atoms with Gasteiger partial charge in [-0.3, -0.25) is 5.41 Å². The van der Waals surface area contributed by atoms with Gasteiger partial charge in [-0.05, 0) is 46.9 Å². The van der Waals surface area contributed by atoms with Gasteiger partial charge in [0, 0.05) is 5.02 Å². The number of rotatable bonds is 3. The lowest BCUT2D eigenvalue weighted by atomic mass is 10.3. The maximum atomic E-state index is 7.10. The van der Waals surface area contributed by atoms with Crippen LogP contribution in [0.2, 0.25) is 5.02 Å². The Morgan fingerprint density at radius 2 is 2.00 bits per heavy atom. The van der Waals surface area contributed by atoms with E-state index in [0.29, 0.717) is 11.4 Å². The minimum Gasteiger partial charge on any atom is -0.387 e. The van der Waals surface area contributed by atoms with Crippen molar-refractivity contribution in [1.29, 1.82) is 5.41 Å². The number of nitrogens with zero attached hydrogens (tertiary/aromatic N) is 1. The summed E-state index contributed by atoms with van der Waals surface area (Å²) in [6, 6.07) is 7.19. The smallest absolute Gasteiger partial charge is 0.0970 e. The number of hydrogen-bond acceptors (Lipinski definition) is 2. The molecule has 5 heteroatoms. The molecular weight excluding hydrogens is 312 g/mol. The van der Waals surface area contributed by atoms with Crippen LogP contribution in [0.25, 0.3) is 0 Å². The average Bonchev–Trinajstić information content (AvgIpc) is 2.07. The molecule has 0 fully saturated rings. The number of halogens is 2. The topological polar surface area (TPSA) is 62.2 Å². The van der Waals surface area contributed by atoms with Crippen LogP contribution in [0.15, 0.2) is 29.3 Å². The highest BCUT2D eigenvalue weighted by molar-refractivity contribution is 14.1. The lowest BCUT2D eigenvalue weighted by Gasteiger charge is -1.97. The highest BCUT2D eigenvalue weighted by Gasteiger charge is 1.97. The summed E-state index contributed by atoms with van der Waals surface area (Å²) in [6.45, 7) is 0. The third-order valence-electron chi connectivity index (χ3n) is 1.41. The van der Waals surface area contributed by atoms with Crippen LogP contribution in [-0.4, -0.2) is 9.55 Å². The molecule has 1 aromatic rings. The minimum atomic E-state index is 0.118. The van der Waals surface area contributed by atoms with Crippen LogP contribution in [0.3, 0.4) is 0 Å². The van der Waals surface area contributed by atoms with Crippen molar-refractivity contribution >= 4 is 49.4 Å². The standard InChI is InChI=1S/C9H9ClIN3/c10-6-1-3-7(4-2-6)14-8(11)5-9(12)13/h1-4H,5H2,(H3,12,13). The first-order valence-corrected chi connectivity index (χ1v) is 5.35. The summed E-state index contributed by atoms with van der Waals surface area (Å²) >= 11 is 7.79. The van der Waals surface area contributed by atoms with Crippen LogP contribution >= 0.6 is 34.2 Å². The predicted molar refractivity (Wildman–Crippen MR) is 69.1 cm³/mol. The Labute approximate surface area is 101 Å². The molecule has 0 saturated carbocycles. The Morgan fingerprint density at radius 3 is 2.50 bits per heavy atom. The van der Waals surface area contributed by atoms with Gasteiger partial charge in [0.25, 0.3) is 0 Å². The van der Waals surface area contributed by atoms with Crippen LogP contribution in [-0.2, 0) is 0 Å². The van der Waals surface area contributed by atoms with E-state index in [1.54, 1.807) is 12.1 Å². The number of aliphatic imine (C=N–C) groups is 1. The van der Waals surface area contributed by atoms with Gasteiger partial charge >= 0.3 is 0 Å². The molecule has 74 valence electrons. The fourth-order valence-electron chi connectivity index (χ4n) is 0.852. The Kier molecular flexibility index (Phi) is 4.34. The van der Waals surface area contributed by atoms with Gasteiger partial charge in [-0.1, -0.05) is 11.6 Å². The molecule has 0 radical (unpaired) electrons. The molecule has 0 atom stereocenters. The fourth-order valence-corrected chi connectivity index (χ4v) is 1.67. The van der Waals surface area contributed by atoms with Crippen molar-refractivity contribution in [2.24, 2.45) is 10.7 Å². The van der Waals surface area contributed by atoms with Gasteiger partial charge in [-0.2, -0.15) is 0 Å². The molecule has 0 amide bonds. The number of nitrogens with two attached hydrogens (primary N) is 1. The Morgan fingerprint density at radius 1 is 1.43 bits per heavy atom. The lowest BCUT2D eigenvalue weighted by Crippen LogP contribution is -2.11. The summed E-state index contributed by atoms with van der Waals surface area (Å²) in [5.41, 5.74) is 6.07. The normalized spacial score (nSPS) is 11.4. The van der Waals surface area contributed by atoms with Gasteiger partial charge in [-0.15, -0.1) is 0 Å². The van der Waals surface area contributed by atoms with Gasteiger partial charge in [0.05, 0.1) is 21.7 Å². The van der Waals surface area contributed by atoms with E-state index in [4.69, 9.17) is 22.7 Å². The first-order valence-electron chi connectivity index (χ1n) is 3.89. The molecule has 0 aliphatic carbocycles. The summed E-state index contributed by atoms with van der Waals surface area (Å²) < 4.78 is 0.789. The van der Waals surface area contributed by atoms with Crippen molar-refractivity contribution in [2.75, 3.05) is 0 Å². The largest absolute Gasteiger partial charge is 0.387 e. The van der Waals surface area contributed by atoms with Crippen LogP contribution in [0.5, 0.6) is 0 Å². The number of benzene rings is 1. The molecule has 1 aromatic carbocycles. The zero-order chi connectivity index (χ0) is 10.6. The van der Waals surface area contributed by atoms with Crippen molar-refractivity contribution in [2.45, 2.75) is 6.42 Å². The first kappa shape index (κ1) is 11.5. The van der Waals surface area contributed by atoms with E-state index in [1.807, 2.05) is 12.1 Å². The maximum absolute atomic E-state index is 7.10. The predicted octanol–water partition coefficient (Wildman–Crippen LogP) is 3.13. The van der Waals surface area contributed by atoms with E-state index in [-0.39, 0.29) is 5.84 Å². The monoisotopic (exact) mass is 321 g/mol. The third kappa shape index (κ3) is 4.06. The first-order chi connectivity index (χ1) is 6.58. The second-order valence-electron chi connectivity index (χ2n) is 2.67. The summed E-state index contributed by atoms with van der Waals surface area (Å²) in [5, 5.41) is 7.78. The highest BCUT2D eigenvalue weighted by atomic mass is 127. The van der Waals surface area contributed by atoms with Crippen LogP contribution in [0.4, 0.5) is 5.69 Å². The number of nitrogens with one attached hydrogen (secondary N) is 1. The Balaban J connectivity index is 2.76. The molecule has 0 spiro atoms. The van der Waals surface area contributed by atoms with Gasteiger partial charge in [0.15, 0.2) is 0 Å². The van der Waals surface area contributed by atoms with Gasteiger partial charge in [0.1, 0.15) is 0 Å². The molecule has 1 rings (SSSR count). The summed E-state index contributed by atoms with van der Waals surface area (Å²) in [6.07, 6.45) is 0.392. The SMILES string of the molecule is N=C(N)CC(I)=Nc1ccc(Cl)cc1. The average molecular weight is 322 g/mol. The molecule has 0 saturated heterocycles. The zero-order valence-electron chi connectivity index (χ0n) is 7.30. The third-order valence-corrected chi connectivity index (χ3v) is 2.29. The van der Waals surface area contributed by atoms with E-state index in [9.17, 15) is 0 Å². The summed E-state index contributed by atoms with van der Waals surface area (Å²) in [4.78, 5) is 4.26. The van der Waals surface area contributed by atoms with Crippen molar-refractivity contribution in [3.8, 4) is 0 Å². The van der Waals surface area contributed by atoms with Gasteiger partial charge in [0.2, 0.25) is 0 Å². The molecule has 14 heavy (non-hydrogen) atoms. The van der Waals surface area contributed by atoms with Crippen molar-refractivity contribution in [1.82, 2.24) is 0 Å². The van der Waals surface area contributed by atoms with E-state index < -0.39 is 0 Å². The second-order valence-corrected chi connectivity index (χ2v) is 4.35.